The zero-order valence-electron chi connectivity index (χ0n) is 9.94. The molecule has 0 bridgehead atoms. The highest BCUT2D eigenvalue weighted by atomic mass is 14.7. The highest BCUT2D eigenvalue weighted by Crippen LogP contribution is 2.19. The van der Waals surface area contributed by atoms with Crippen LogP contribution in [-0.2, 0) is 0 Å². The Morgan fingerprint density at radius 2 is 1.88 bits per heavy atom. The fraction of sp³-hybridized carbons (Fsp3) is 0.286. The van der Waals surface area contributed by atoms with Gasteiger partial charge in [-0.1, -0.05) is 19.9 Å². The van der Waals surface area contributed by atoms with Crippen molar-refractivity contribution in [3.63, 3.8) is 0 Å². The minimum absolute atomic E-state index is 0.457. The van der Waals surface area contributed by atoms with E-state index in [2.05, 4.69) is 42.0 Å². The van der Waals surface area contributed by atoms with Gasteiger partial charge in [0.05, 0.1) is 5.69 Å². The molecule has 82 valence electrons. The summed E-state index contributed by atoms with van der Waals surface area (Å²) in [6.45, 7) is 6.29. The van der Waals surface area contributed by atoms with Gasteiger partial charge in [-0.05, 0) is 37.1 Å². The van der Waals surface area contributed by atoms with Crippen molar-refractivity contribution in [1.29, 1.82) is 0 Å². The van der Waals surface area contributed by atoms with Crippen molar-refractivity contribution < 1.29 is 0 Å². The molecular weight excluding hydrogens is 196 g/mol. The Balaban J connectivity index is 2.40. The number of rotatable bonds is 2. The first-order chi connectivity index (χ1) is 7.66. The maximum Gasteiger partial charge on any atom is 0.0720 e. The van der Waals surface area contributed by atoms with Crippen LogP contribution in [-0.4, -0.2) is 9.97 Å². The molecule has 0 unspecified atom stereocenters. The molecule has 0 saturated carbocycles. The molecule has 0 aliphatic rings. The Labute approximate surface area is 96.4 Å². The smallest absolute Gasteiger partial charge is 0.0720 e. The van der Waals surface area contributed by atoms with Crippen molar-refractivity contribution in [3.8, 4) is 11.3 Å². The zero-order chi connectivity index (χ0) is 11.5. The molecule has 2 heteroatoms. The summed E-state index contributed by atoms with van der Waals surface area (Å²) in [5.74, 6) is 0.457. The number of aryl methyl sites for hydroxylation is 1. The van der Waals surface area contributed by atoms with E-state index in [4.69, 9.17) is 0 Å². The first kappa shape index (κ1) is 10.8. The number of pyridine rings is 2. The van der Waals surface area contributed by atoms with E-state index in [0.29, 0.717) is 5.92 Å². The number of hydrogen-bond donors (Lipinski definition) is 0. The average molecular weight is 212 g/mol. The van der Waals surface area contributed by atoms with Crippen LogP contribution in [0.1, 0.15) is 31.2 Å². The second kappa shape index (κ2) is 4.44. The molecule has 0 amide bonds. The monoisotopic (exact) mass is 212 g/mol. The highest BCUT2D eigenvalue weighted by molar-refractivity contribution is 5.57. The Hall–Kier alpha value is -1.70. The third kappa shape index (κ3) is 2.27. The van der Waals surface area contributed by atoms with E-state index >= 15 is 0 Å². The van der Waals surface area contributed by atoms with E-state index in [1.807, 2.05) is 25.3 Å². The molecule has 0 aliphatic heterocycles. The van der Waals surface area contributed by atoms with Crippen LogP contribution in [0.3, 0.4) is 0 Å². The summed E-state index contributed by atoms with van der Waals surface area (Å²) in [5, 5.41) is 0. The van der Waals surface area contributed by atoms with Crippen molar-refractivity contribution in [2.75, 3.05) is 0 Å². The first-order valence-electron chi connectivity index (χ1n) is 5.57. The summed E-state index contributed by atoms with van der Waals surface area (Å²) in [5.41, 5.74) is 4.23. The molecular formula is C14H16N2. The maximum absolute atomic E-state index is 4.63. The van der Waals surface area contributed by atoms with Gasteiger partial charge in [-0.2, -0.15) is 0 Å². The van der Waals surface area contributed by atoms with Gasteiger partial charge in [0.2, 0.25) is 0 Å². The Morgan fingerprint density at radius 3 is 2.50 bits per heavy atom. The normalized spacial score (nSPS) is 10.8. The van der Waals surface area contributed by atoms with Crippen LogP contribution in [0.5, 0.6) is 0 Å². The molecule has 0 aliphatic carbocycles. The van der Waals surface area contributed by atoms with Crippen molar-refractivity contribution in [1.82, 2.24) is 9.97 Å². The quantitative estimate of drug-likeness (QED) is 0.760. The lowest BCUT2D eigenvalue weighted by Gasteiger charge is -2.07. The third-order valence-electron chi connectivity index (χ3n) is 2.57. The third-order valence-corrected chi connectivity index (χ3v) is 2.57. The summed E-state index contributed by atoms with van der Waals surface area (Å²) >= 11 is 0. The van der Waals surface area contributed by atoms with Gasteiger partial charge in [-0.15, -0.1) is 0 Å². The maximum atomic E-state index is 4.63. The van der Waals surface area contributed by atoms with Gasteiger partial charge in [-0.3, -0.25) is 9.97 Å². The van der Waals surface area contributed by atoms with E-state index < -0.39 is 0 Å². The van der Waals surface area contributed by atoms with E-state index in [-0.39, 0.29) is 0 Å². The molecule has 16 heavy (non-hydrogen) atoms. The van der Waals surface area contributed by atoms with Crippen LogP contribution in [0.25, 0.3) is 11.3 Å². The SMILES string of the molecule is Cc1ccc(-c2cccc(C(C)C)n2)cn1. The number of nitrogens with zero attached hydrogens (tertiary/aromatic N) is 2. The van der Waals surface area contributed by atoms with Crippen LogP contribution >= 0.6 is 0 Å². The van der Waals surface area contributed by atoms with Crippen LogP contribution in [0, 0.1) is 6.92 Å². The summed E-state index contributed by atoms with van der Waals surface area (Å²) in [6, 6.07) is 10.2. The molecule has 2 nitrogen and oxygen atoms in total. The largest absolute Gasteiger partial charge is 0.261 e. The van der Waals surface area contributed by atoms with E-state index in [1.165, 1.54) is 0 Å². The van der Waals surface area contributed by atoms with Crippen LogP contribution in [0.15, 0.2) is 36.5 Å². The lowest BCUT2D eigenvalue weighted by atomic mass is 10.1. The van der Waals surface area contributed by atoms with Gasteiger partial charge in [0.15, 0.2) is 0 Å². The van der Waals surface area contributed by atoms with Crippen LogP contribution in [0.4, 0.5) is 0 Å². The molecule has 0 fully saturated rings. The standard InChI is InChI=1S/C14H16N2/c1-10(2)13-5-4-6-14(16-13)12-8-7-11(3)15-9-12/h4-10H,1-3H3. The summed E-state index contributed by atoms with van der Waals surface area (Å²) in [7, 11) is 0. The Bertz CT molecular complexity index is 472. The number of aromatic nitrogens is 2. The Morgan fingerprint density at radius 1 is 1.06 bits per heavy atom. The molecule has 0 radical (unpaired) electrons. The van der Waals surface area contributed by atoms with Crippen molar-refractivity contribution >= 4 is 0 Å². The van der Waals surface area contributed by atoms with E-state index in [9.17, 15) is 0 Å². The Kier molecular flexibility index (Phi) is 3.00. The van der Waals surface area contributed by atoms with Crippen LogP contribution < -0.4 is 0 Å². The molecule has 0 N–H and O–H groups in total. The van der Waals surface area contributed by atoms with E-state index in [1.54, 1.807) is 0 Å². The minimum atomic E-state index is 0.457. The van der Waals surface area contributed by atoms with Crippen molar-refractivity contribution in [2.24, 2.45) is 0 Å². The lowest BCUT2D eigenvalue weighted by Crippen LogP contribution is -1.94. The van der Waals surface area contributed by atoms with Gasteiger partial charge in [0.1, 0.15) is 0 Å². The molecule has 2 rings (SSSR count). The van der Waals surface area contributed by atoms with Gasteiger partial charge >= 0.3 is 0 Å². The fourth-order valence-corrected chi connectivity index (χ4v) is 1.55. The van der Waals surface area contributed by atoms with Gasteiger partial charge < -0.3 is 0 Å². The fourth-order valence-electron chi connectivity index (χ4n) is 1.55. The molecule has 2 aromatic heterocycles. The molecule has 0 atom stereocenters. The van der Waals surface area contributed by atoms with Crippen molar-refractivity contribution in [2.45, 2.75) is 26.7 Å². The molecule has 2 aromatic rings. The molecule has 0 spiro atoms. The summed E-state index contributed by atoms with van der Waals surface area (Å²) in [6.07, 6.45) is 1.88. The number of hydrogen-bond acceptors (Lipinski definition) is 2. The second-order valence-electron chi connectivity index (χ2n) is 4.29. The van der Waals surface area contributed by atoms with Gasteiger partial charge in [-0.25, -0.2) is 0 Å². The van der Waals surface area contributed by atoms with Crippen molar-refractivity contribution in [3.05, 3.63) is 47.9 Å². The minimum Gasteiger partial charge on any atom is -0.261 e. The molecule has 2 heterocycles. The zero-order valence-corrected chi connectivity index (χ0v) is 9.94. The average Bonchev–Trinajstić information content (AvgIpc) is 2.30. The van der Waals surface area contributed by atoms with Crippen LogP contribution in [0.2, 0.25) is 0 Å². The highest BCUT2D eigenvalue weighted by Gasteiger charge is 2.03. The summed E-state index contributed by atoms with van der Waals surface area (Å²) < 4.78 is 0. The van der Waals surface area contributed by atoms with Gasteiger partial charge in [0.25, 0.3) is 0 Å². The lowest BCUT2D eigenvalue weighted by molar-refractivity contribution is 0.824. The van der Waals surface area contributed by atoms with E-state index in [0.717, 1.165) is 22.6 Å². The van der Waals surface area contributed by atoms with Gasteiger partial charge in [0, 0.05) is 23.1 Å². The predicted octanol–water partition coefficient (Wildman–Crippen LogP) is 3.58. The first-order valence-corrected chi connectivity index (χ1v) is 5.57. The topological polar surface area (TPSA) is 25.8 Å². The molecule has 0 aromatic carbocycles. The predicted molar refractivity (Wildman–Crippen MR) is 66.3 cm³/mol. The summed E-state index contributed by atoms with van der Waals surface area (Å²) in [4.78, 5) is 8.92. The second-order valence-corrected chi connectivity index (χ2v) is 4.29. The molecule has 0 saturated heterocycles.